The van der Waals surface area contributed by atoms with Crippen molar-refractivity contribution < 1.29 is 30.8 Å². The number of rotatable bonds is 6. The second kappa shape index (κ2) is 7.61. The number of nitrogens with two attached hydrogens (primary N) is 1. The van der Waals surface area contributed by atoms with E-state index in [1.165, 1.54) is 6.92 Å². The summed E-state index contributed by atoms with van der Waals surface area (Å²) in [6.45, 7) is 0.690. The SMILES string of the molecule is CCN(C(c1ccc(F)cc1)C(F)(F)F)S(=O)(=O)c1cncc(C(N)=O)c1. The van der Waals surface area contributed by atoms with E-state index in [4.69, 9.17) is 5.73 Å². The van der Waals surface area contributed by atoms with Crippen molar-refractivity contribution in [1.82, 2.24) is 9.29 Å². The molecule has 0 fully saturated rings. The minimum absolute atomic E-state index is 0.210. The van der Waals surface area contributed by atoms with Crippen LogP contribution in [-0.2, 0) is 10.0 Å². The molecule has 1 amide bonds. The Labute approximate surface area is 152 Å². The number of sulfonamides is 1. The van der Waals surface area contributed by atoms with Crippen LogP contribution in [0.15, 0.2) is 47.6 Å². The molecule has 1 aromatic carbocycles. The maximum absolute atomic E-state index is 13.7. The summed E-state index contributed by atoms with van der Waals surface area (Å²) in [4.78, 5) is 14.2. The molecular formula is C16H15F4N3O3S. The van der Waals surface area contributed by atoms with Gasteiger partial charge in [-0.15, -0.1) is 0 Å². The van der Waals surface area contributed by atoms with Crippen molar-refractivity contribution in [1.29, 1.82) is 0 Å². The minimum Gasteiger partial charge on any atom is -0.366 e. The van der Waals surface area contributed by atoms with Gasteiger partial charge < -0.3 is 5.73 Å². The third-order valence-corrected chi connectivity index (χ3v) is 5.61. The fourth-order valence-corrected chi connectivity index (χ4v) is 4.08. The van der Waals surface area contributed by atoms with Crippen molar-refractivity contribution >= 4 is 15.9 Å². The number of carbonyl (C=O) groups excluding carboxylic acids is 1. The van der Waals surface area contributed by atoms with E-state index in [9.17, 15) is 30.8 Å². The van der Waals surface area contributed by atoms with E-state index in [0.717, 1.165) is 42.7 Å². The quantitative estimate of drug-likeness (QED) is 0.748. The summed E-state index contributed by atoms with van der Waals surface area (Å²) in [7, 11) is -4.70. The van der Waals surface area contributed by atoms with Gasteiger partial charge in [0.2, 0.25) is 15.9 Å². The molecule has 0 radical (unpaired) electrons. The van der Waals surface area contributed by atoms with Crippen LogP contribution in [0.4, 0.5) is 17.6 Å². The second-order valence-electron chi connectivity index (χ2n) is 5.48. The van der Waals surface area contributed by atoms with Gasteiger partial charge in [-0.25, -0.2) is 12.8 Å². The number of alkyl halides is 3. The van der Waals surface area contributed by atoms with Crippen LogP contribution < -0.4 is 5.73 Å². The molecular weight excluding hydrogens is 390 g/mol. The lowest BCUT2D eigenvalue weighted by atomic mass is 10.1. The lowest BCUT2D eigenvalue weighted by Gasteiger charge is -2.31. The summed E-state index contributed by atoms with van der Waals surface area (Å²) in [5, 5.41) is 0. The maximum Gasteiger partial charge on any atom is 0.409 e. The van der Waals surface area contributed by atoms with Gasteiger partial charge in [0.25, 0.3) is 0 Å². The van der Waals surface area contributed by atoms with Crippen LogP contribution in [-0.4, -0.2) is 36.3 Å². The summed E-state index contributed by atoms with van der Waals surface area (Å²) in [6.07, 6.45) is -3.16. The largest absolute Gasteiger partial charge is 0.409 e. The Morgan fingerprint density at radius 1 is 1.22 bits per heavy atom. The van der Waals surface area contributed by atoms with Gasteiger partial charge in [-0.2, -0.15) is 17.5 Å². The fraction of sp³-hybridized carbons (Fsp3) is 0.250. The third-order valence-electron chi connectivity index (χ3n) is 3.70. The molecule has 2 N–H and O–H groups in total. The molecule has 1 heterocycles. The van der Waals surface area contributed by atoms with Crippen LogP contribution in [0, 0.1) is 5.82 Å². The molecule has 0 saturated carbocycles. The third kappa shape index (κ3) is 4.42. The predicted molar refractivity (Wildman–Crippen MR) is 87.5 cm³/mol. The molecule has 1 atom stereocenters. The Bertz CT molecular complexity index is 931. The molecule has 0 spiro atoms. The molecule has 0 aliphatic carbocycles. The molecule has 0 aliphatic rings. The van der Waals surface area contributed by atoms with Crippen LogP contribution in [0.2, 0.25) is 0 Å². The number of pyridine rings is 1. The van der Waals surface area contributed by atoms with Crippen LogP contribution >= 0.6 is 0 Å². The zero-order valence-corrected chi connectivity index (χ0v) is 14.8. The Morgan fingerprint density at radius 3 is 2.30 bits per heavy atom. The first kappa shape index (κ1) is 20.8. The summed E-state index contributed by atoms with van der Waals surface area (Å²) in [5.74, 6) is -1.74. The average molecular weight is 405 g/mol. The van der Waals surface area contributed by atoms with E-state index < -0.39 is 51.0 Å². The normalized spacial score (nSPS) is 13.6. The Kier molecular flexibility index (Phi) is 5.85. The van der Waals surface area contributed by atoms with Crippen molar-refractivity contribution in [2.75, 3.05) is 6.54 Å². The van der Waals surface area contributed by atoms with Crippen molar-refractivity contribution in [3.63, 3.8) is 0 Å². The first-order chi connectivity index (χ1) is 12.5. The van der Waals surface area contributed by atoms with E-state index in [2.05, 4.69) is 4.98 Å². The molecule has 146 valence electrons. The molecule has 6 nitrogen and oxygen atoms in total. The summed E-state index contributed by atoms with van der Waals surface area (Å²) < 4.78 is 80.1. The number of benzene rings is 1. The zero-order valence-electron chi connectivity index (χ0n) is 13.9. The standard InChI is InChI=1S/C16H15F4N3O3S/c1-2-23(14(16(18,19)20)10-3-5-12(17)6-4-10)27(25,26)13-7-11(15(21)24)8-22-9-13/h3-9,14H,2H2,1H3,(H2,21,24). The summed E-state index contributed by atoms with van der Waals surface area (Å²) in [6, 6.07) is 1.65. The van der Waals surface area contributed by atoms with Gasteiger partial charge in [0.15, 0.2) is 0 Å². The lowest BCUT2D eigenvalue weighted by Crippen LogP contribution is -2.42. The van der Waals surface area contributed by atoms with Crippen molar-refractivity contribution in [2.45, 2.75) is 24.0 Å². The fourth-order valence-electron chi connectivity index (χ4n) is 2.48. The molecule has 1 aromatic heterocycles. The average Bonchev–Trinajstić information content (AvgIpc) is 2.59. The number of hydrogen-bond donors (Lipinski definition) is 1. The number of primary amides is 1. The minimum atomic E-state index is -4.98. The lowest BCUT2D eigenvalue weighted by molar-refractivity contribution is -0.173. The molecule has 0 bridgehead atoms. The smallest absolute Gasteiger partial charge is 0.366 e. The van der Waals surface area contributed by atoms with E-state index in [1.807, 2.05) is 0 Å². The zero-order chi connectivity index (χ0) is 20.4. The van der Waals surface area contributed by atoms with Crippen molar-refractivity contribution in [3.8, 4) is 0 Å². The van der Waals surface area contributed by atoms with Gasteiger partial charge in [-0.3, -0.25) is 9.78 Å². The molecule has 0 saturated heterocycles. The Balaban J connectivity index is 2.60. The first-order valence-electron chi connectivity index (χ1n) is 7.57. The van der Waals surface area contributed by atoms with Gasteiger partial charge >= 0.3 is 6.18 Å². The van der Waals surface area contributed by atoms with Crippen LogP contribution in [0.25, 0.3) is 0 Å². The Hall–Kier alpha value is -2.53. The predicted octanol–water partition coefficient (Wildman–Crippen LogP) is 2.63. The van der Waals surface area contributed by atoms with Crippen LogP contribution in [0.1, 0.15) is 28.9 Å². The van der Waals surface area contributed by atoms with E-state index >= 15 is 0 Å². The molecule has 2 rings (SSSR count). The number of amides is 1. The Morgan fingerprint density at radius 2 is 1.81 bits per heavy atom. The second-order valence-corrected chi connectivity index (χ2v) is 7.37. The number of nitrogens with zero attached hydrogens (tertiary/aromatic N) is 2. The van der Waals surface area contributed by atoms with Gasteiger partial charge in [-0.1, -0.05) is 19.1 Å². The highest BCUT2D eigenvalue weighted by molar-refractivity contribution is 7.89. The number of halogens is 4. The monoisotopic (exact) mass is 405 g/mol. The van der Waals surface area contributed by atoms with Gasteiger partial charge in [0.1, 0.15) is 16.8 Å². The molecule has 27 heavy (non-hydrogen) atoms. The molecule has 2 aromatic rings. The molecule has 11 heteroatoms. The van der Waals surface area contributed by atoms with E-state index in [1.54, 1.807) is 0 Å². The summed E-state index contributed by atoms with van der Waals surface area (Å²) in [5.41, 5.74) is 4.35. The van der Waals surface area contributed by atoms with E-state index in [0.29, 0.717) is 0 Å². The van der Waals surface area contributed by atoms with Crippen LogP contribution in [0.3, 0.4) is 0 Å². The van der Waals surface area contributed by atoms with Crippen LogP contribution in [0.5, 0.6) is 0 Å². The van der Waals surface area contributed by atoms with Crippen molar-refractivity contribution in [3.05, 3.63) is 59.7 Å². The van der Waals surface area contributed by atoms with Gasteiger partial charge in [0, 0.05) is 18.9 Å². The summed E-state index contributed by atoms with van der Waals surface area (Å²) >= 11 is 0. The van der Waals surface area contributed by atoms with Gasteiger partial charge in [-0.05, 0) is 23.8 Å². The topological polar surface area (TPSA) is 93.4 Å². The van der Waals surface area contributed by atoms with E-state index in [-0.39, 0.29) is 9.87 Å². The molecule has 0 aliphatic heterocycles. The highest BCUT2D eigenvalue weighted by Gasteiger charge is 2.48. The highest BCUT2D eigenvalue weighted by Crippen LogP contribution is 2.40. The first-order valence-corrected chi connectivity index (χ1v) is 9.01. The number of hydrogen-bond acceptors (Lipinski definition) is 4. The number of carbonyl (C=O) groups is 1. The van der Waals surface area contributed by atoms with Gasteiger partial charge in [0.05, 0.1) is 5.56 Å². The number of aromatic nitrogens is 1. The molecule has 1 unspecified atom stereocenters. The maximum atomic E-state index is 13.7. The van der Waals surface area contributed by atoms with Crippen molar-refractivity contribution in [2.24, 2.45) is 5.73 Å². The highest BCUT2D eigenvalue weighted by atomic mass is 32.2.